The predicted molar refractivity (Wildman–Crippen MR) is 103 cm³/mol. The molecule has 1 N–H and O–H groups in total. The Balaban J connectivity index is 2.08. The van der Waals surface area contributed by atoms with Gasteiger partial charge >= 0.3 is 0 Å². The van der Waals surface area contributed by atoms with E-state index in [2.05, 4.69) is 9.88 Å². The number of hydrogen-bond donors (Lipinski definition) is 1. The molecule has 0 amide bonds. The van der Waals surface area contributed by atoms with Crippen molar-refractivity contribution in [3.63, 3.8) is 0 Å². The van der Waals surface area contributed by atoms with E-state index in [1.807, 2.05) is 52.0 Å². The number of nitrogens with one attached hydrogen (secondary N) is 1. The summed E-state index contributed by atoms with van der Waals surface area (Å²) in [6, 6.07) is 10.9. The Hall–Kier alpha value is -2.60. The summed E-state index contributed by atoms with van der Waals surface area (Å²) in [5, 5.41) is 3.96. The summed E-state index contributed by atoms with van der Waals surface area (Å²) in [7, 11) is -3.74. The zero-order chi connectivity index (χ0) is 19.1. The summed E-state index contributed by atoms with van der Waals surface area (Å²) in [6.07, 6.45) is 0. The largest absolute Gasteiger partial charge is 0.356 e. The molecule has 0 radical (unpaired) electrons. The highest BCUT2D eigenvalue weighted by molar-refractivity contribution is 7.92. The van der Waals surface area contributed by atoms with Gasteiger partial charge in [-0.05, 0) is 57.4 Å². The van der Waals surface area contributed by atoms with Crippen molar-refractivity contribution in [1.29, 1.82) is 0 Å². The molecule has 0 saturated heterocycles. The molecule has 6 heteroatoms. The van der Waals surface area contributed by atoms with Crippen LogP contribution in [0.5, 0.6) is 0 Å². The Morgan fingerprint density at radius 2 is 1.58 bits per heavy atom. The van der Waals surface area contributed by atoms with Gasteiger partial charge in [-0.2, -0.15) is 0 Å². The van der Waals surface area contributed by atoms with Crippen molar-refractivity contribution in [3.8, 4) is 11.3 Å². The smallest absolute Gasteiger partial charge is 0.262 e. The van der Waals surface area contributed by atoms with Crippen molar-refractivity contribution in [2.45, 2.75) is 39.5 Å². The number of sulfonamides is 1. The van der Waals surface area contributed by atoms with Gasteiger partial charge < -0.3 is 4.52 Å². The standard InChI is InChI=1S/C20H22N2O3S/c1-12-9-10-17(20-15(4)16(5)21-25-20)11-18(12)26(23,24)22-19-13(2)7-6-8-14(19)3/h6-11,22H,1-5H3. The van der Waals surface area contributed by atoms with Gasteiger partial charge in [0, 0.05) is 11.1 Å². The fourth-order valence-electron chi connectivity index (χ4n) is 2.88. The highest BCUT2D eigenvalue weighted by atomic mass is 32.2. The van der Waals surface area contributed by atoms with E-state index in [9.17, 15) is 8.42 Å². The molecular formula is C20H22N2O3S. The maximum absolute atomic E-state index is 13.0. The molecular weight excluding hydrogens is 348 g/mol. The number of aryl methyl sites for hydroxylation is 4. The summed E-state index contributed by atoms with van der Waals surface area (Å²) in [5.74, 6) is 0.589. The molecule has 0 fully saturated rings. The highest BCUT2D eigenvalue weighted by Gasteiger charge is 2.21. The van der Waals surface area contributed by atoms with Gasteiger partial charge in [0.2, 0.25) is 0 Å². The molecule has 0 spiro atoms. The third-order valence-electron chi connectivity index (χ3n) is 4.61. The molecule has 1 heterocycles. The Bertz CT molecular complexity index is 1060. The molecule has 3 rings (SSSR count). The number of nitrogens with zero attached hydrogens (tertiary/aromatic N) is 1. The van der Waals surface area contributed by atoms with Gasteiger partial charge in [-0.3, -0.25) is 4.72 Å². The lowest BCUT2D eigenvalue weighted by Crippen LogP contribution is -2.16. The number of benzene rings is 2. The van der Waals surface area contributed by atoms with Crippen LogP contribution < -0.4 is 4.72 Å². The fraction of sp³-hybridized carbons (Fsp3) is 0.250. The molecule has 0 aliphatic carbocycles. The van der Waals surface area contributed by atoms with E-state index >= 15 is 0 Å². The third-order valence-corrected chi connectivity index (χ3v) is 6.11. The average Bonchev–Trinajstić information content (AvgIpc) is 2.91. The molecule has 0 bridgehead atoms. The van der Waals surface area contributed by atoms with Crippen LogP contribution in [0.4, 0.5) is 5.69 Å². The van der Waals surface area contributed by atoms with Gasteiger partial charge in [0.1, 0.15) is 0 Å². The lowest BCUT2D eigenvalue weighted by molar-refractivity contribution is 0.427. The van der Waals surface area contributed by atoms with Gasteiger partial charge in [-0.1, -0.05) is 35.5 Å². The Labute approximate surface area is 154 Å². The van der Waals surface area contributed by atoms with Crippen LogP contribution in [0.1, 0.15) is 27.9 Å². The van der Waals surface area contributed by atoms with Gasteiger partial charge in [-0.25, -0.2) is 8.42 Å². The number of aromatic nitrogens is 1. The van der Waals surface area contributed by atoms with Crippen LogP contribution in [-0.4, -0.2) is 13.6 Å². The Morgan fingerprint density at radius 1 is 0.923 bits per heavy atom. The fourth-order valence-corrected chi connectivity index (χ4v) is 4.35. The van der Waals surface area contributed by atoms with E-state index in [1.165, 1.54) is 0 Å². The minimum absolute atomic E-state index is 0.228. The van der Waals surface area contributed by atoms with Gasteiger partial charge in [0.15, 0.2) is 5.76 Å². The van der Waals surface area contributed by atoms with Crippen molar-refractivity contribution in [2.24, 2.45) is 0 Å². The zero-order valence-corrected chi connectivity index (χ0v) is 16.4. The number of anilines is 1. The minimum atomic E-state index is -3.74. The Morgan fingerprint density at radius 3 is 2.15 bits per heavy atom. The quantitative estimate of drug-likeness (QED) is 0.723. The maximum atomic E-state index is 13.0. The van der Waals surface area contributed by atoms with Crippen molar-refractivity contribution in [2.75, 3.05) is 4.72 Å². The van der Waals surface area contributed by atoms with E-state index in [-0.39, 0.29) is 4.90 Å². The number of para-hydroxylation sites is 1. The zero-order valence-electron chi connectivity index (χ0n) is 15.5. The first-order valence-electron chi connectivity index (χ1n) is 8.33. The summed E-state index contributed by atoms with van der Waals surface area (Å²) in [6.45, 7) is 9.31. The first kappa shape index (κ1) is 18.2. The minimum Gasteiger partial charge on any atom is -0.356 e. The van der Waals surface area contributed by atoms with Crippen molar-refractivity contribution in [3.05, 3.63) is 64.3 Å². The lowest BCUT2D eigenvalue weighted by Gasteiger charge is -2.15. The maximum Gasteiger partial charge on any atom is 0.262 e. The normalized spacial score (nSPS) is 11.6. The Kier molecular flexibility index (Phi) is 4.63. The number of hydrogen-bond acceptors (Lipinski definition) is 4. The van der Waals surface area contributed by atoms with Crippen LogP contribution in [0.25, 0.3) is 11.3 Å². The van der Waals surface area contributed by atoms with Gasteiger partial charge in [0.05, 0.1) is 16.3 Å². The van der Waals surface area contributed by atoms with E-state index in [4.69, 9.17) is 4.52 Å². The molecule has 0 aliphatic heterocycles. The lowest BCUT2D eigenvalue weighted by atomic mass is 10.1. The van der Waals surface area contributed by atoms with Gasteiger partial charge in [-0.15, -0.1) is 0 Å². The summed E-state index contributed by atoms with van der Waals surface area (Å²) < 4.78 is 34.2. The monoisotopic (exact) mass is 370 g/mol. The van der Waals surface area contributed by atoms with E-state index < -0.39 is 10.0 Å². The SMILES string of the molecule is Cc1ccc(-c2onc(C)c2C)cc1S(=O)(=O)Nc1c(C)cccc1C. The molecule has 0 unspecified atom stereocenters. The third kappa shape index (κ3) is 3.24. The van der Waals surface area contributed by atoms with Crippen LogP contribution in [0.3, 0.4) is 0 Å². The summed E-state index contributed by atoms with van der Waals surface area (Å²) in [4.78, 5) is 0.228. The molecule has 26 heavy (non-hydrogen) atoms. The first-order chi connectivity index (χ1) is 12.2. The van der Waals surface area contributed by atoms with Crippen molar-refractivity contribution >= 4 is 15.7 Å². The second-order valence-corrected chi connectivity index (χ2v) is 8.23. The number of rotatable bonds is 4. The van der Waals surface area contributed by atoms with Crippen LogP contribution in [0.2, 0.25) is 0 Å². The molecule has 1 aromatic heterocycles. The second kappa shape index (κ2) is 6.61. The molecule has 5 nitrogen and oxygen atoms in total. The van der Waals surface area contributed by atoms with Crippen LogP contribution in [-0.2, 0) is 10.0 Å². The second-order valence-electron chi connectivity index (χ2n) is 6.57. The average molecular weight is 370 g/mol. The summed E-state index contributed by atoms with van der Waals surface area (Å²) >= 11 is 0. The molecule has 2 aromatic carbocycles. The first-order valence-corrected chi connectivity index (χ1v) is 9.82. The molecule has 0 aliphatic rings. The van der Waals surface area contributed by atoms with Crippen molar-refractivity contribution < 1.29 is 12.9 Å². The van der Waals surface area contributed by atoms with Gasteiger partial charge in [0.25, 0.3) is 10.0 Å². The van der Waals surface area contributed by atoms with Crippen LogP contribution in [0.15, 0.2) is 45.8 Å². The van der Waals surface area contributed by atoms with E-state index in [0.717, 1.165) is 22.4 Å². The highest BCUT2D eigenvalue weighted by Crippen LogP contribution is 2.30. The molecule has 136 valence electrons. The molecule has 0 saturated carbocycles. The molecule has 3 aromatic rings. The van der Waals surface area contributed by atoms with Crippen LogP contribution in [0, 0.1) is 34.6 Å². The van der Waals surface area contributed by atoms with Crippen molar-refractivity contribution in [1.82, 2.24) is 5.16 Å². The summed E-state index contributed by atoms with van der Waals surface area (Å²) in [5.41, 5.74) is 5.42. The topological polar surface area (TPSA) is 72.2 Å². The predicted octanol–water partition coefficient (Wildman–Crippen LogP) is 4.68. The van der Waals surface area contributed by atoms with E-state index in [1.54, 1.807) is 19.1 Å². The molecule has 0 atom stereocenters. The van der Waals surface area contributed by atoms with Crippen LogP contribution >= 0.6 is 0 Å². The van der Waals surface area contributed by atoms with E-state index in [0.29, 0.717) is 22.6 Å².